The Labute approximate surface area is 109 Å². The molecule has 92 valence electrons. The van der Waals surface area contributed by atoms with Crippen LogP contribution < -0.4 is 5.32 Å². The topological polar surface area (TPSA) is 12.0 Å². The average molecular weight is 237 g/mol. The Hall–Kier alpha value is -2.02. The van der Waals surface area contributed by atoms with Gasteiger partial charge in [-0.3, -0.25) is 0 Å². The summed E-state index contributed by atoms with van der Waals surface area (Å²) in [4.78, 5) is 0. The first-order valence-electron chi connectivity index (χ1n) is 6.34. The number of hydrogen-bond donors (Lipinski definition) is 1. The highest BCUT2D eigenvalue weighted by molar-refractivity contribution is 5.80. The molecular formula is C17H19N. The van der Waals surface area contributed by atoms with Crippen molar-refractivity contribution in [1.29, 1.82) is 0 Å². The van der Waals surface area contributed by atoms with E-state index in [0.717, 1.165) is 5.70 Å². The summed E-state index contributed by atoms with van der Waals surface area (Å²) in [6.45, 7) is 4.31. The molecule has 0 aliphatic carbocycles. The van der Waals surface area contributed by atoms with Crippen LogP contribution in [0.15, 0.2) is 60.7 Å². The maximum absolute atomic E-state index is 3.51. The molecule has 2 aromatic rings. The molecule has 0 heterocycles. The van der Waals surface area contributed by atoms with Gasteiger partial charge in [0.2, 0.25) is 0 Å². The molecule has 0 saturated carbocycles. The summed E-state index contributed by atoms with van der Waals surface area (Å²) < 4.78 is 0. The van der Waals surface area contributed by atoms with Crippen molar-refractivity contribution in [1.82, 2.24) is 5.32 Å². The van der Waals surface area contributed by atoms with Gasteiger partial charge in [-0.1, -0.05) is 60.7 Å². The Kier molecular flexibility index (Phi) is 4.19. The standard InChI is InChI=1S/C17H19N/c1-14(2)18-17(16-11-7-4-8-12-16)13-15-9-5-3-6-10-15/h3-14,18H,1-2H3/b17-13+. The van der Waals surface area contributed by atoms with Crippen molar-refractivity contribution in [3.05, 3.63) is 71.8 Å². The van der Waals surface area contributed by atoms with E-state index in [1.165, 1.54) is 11.1 Å². The minimum Gasteiger partial charge on any atom is -0.382 e. The fourth-order valence-corrected chi connectivity index (χ4v) is 1.85. The molecule has 1 N–H and O–H groups in total. The van der Waals surface area contributed by atoms with Crippen molar-refractivity contribution >= 4 is 11.8 Å². The summed E-state index contributed by atoms with van der Waals surface area (Å²) in [5.41, 5.74) is 3.59. The van der Waals surface area contributed by atoms with Gasteiger partial charge in [0.15, 0.2) is 0 Å². The summed E-state index contributed by atoms with van der Waals surface area (Å²) in [5, 5.41) is 3.51. The van der Waals surface area contributed by atoms with Crippen molar-refractivity contribution < 1.29 is 0 Å². The molecule has 0 atom stereocenters. The maximum atomic E-state index is 3.51. The number of nitrogens with one attached hydrogen (secondary N) is 1. The maximum Gasteiger partial charge on any atom is 0.0421 e. The Morgan fingerprint density at radius 1 is 0.889 bits per heavy atom. The van der Waals surface area contributed by atoms with Gasteiger partial charge in [-0.15, -0.1) is 0 Å². The zero-order valence-electron chi connectivity index (χ0n) is 10.9. The quantitative estimate of drug-likeness (QED) is 0.786. The Bertz CT molecular complexity index is 498. The van der Waals surface area contributed by atoms with Gasteiger partial charge in [-0.05, 0) is 31.1 Å². The lowest BCUT2D eigenvalue weighted by Crippen LogP contribution is -2.20. The lowest BCUT2D eigenvalue weighted by atomic mass is 10.1. The first kappa shape index (κ1) is 12.4. The second-order valence-corrected chi connectivity index (χ2v) is 4.63. The highest BCUT2D eigenvalue weighted by Gasteiger charge is 2.02. The van der Waals surface area contributed by atoms with E-state index in [9.17, 15) is 0 Å². The molecule has 0 radical (unpaired) electrons. The highest BCUT2D eigenvalue weighted by atomic mass is 14.9. The summed E-state index contributed by atoms with van der Waals surface area (Å²) in [6, 6.07) is 21.2. The molecule has 1 heteroatoms. The molecule has 0 amide bonds. The molecule has 1 nitrogen and oxygen atoms in total. The van der Waals surface area contributed by atoms with Crippen LogP contribution in [0, 0.1) is 0 Å². The fourth-order valence-electron chi connectivity index (χ4n) is 1.85. The van der Waals surface area contributed by atoms with Crippen LogP contribution in [0.1, 0.15) is 25.0 Å². The summed E-state index contributed by atoms with van der Waals surface area (Å²) in [5.74, 6) is 0. The van der Waals surface area contributed by atoms with Gasteiger partial charge in [-0.2, -0.15) is 0 Å². The Morgan fingerprint density at radius 2 is 1.44 bits per heavy atom. The summed E-state index contributed by atoms with van der Waals surface area (Å²) in [6.07, 6.45) is 2.19. The SMILES string of the molecule is CC(C)N/C(=C/c1ccccc1)c1ccccc1. The van der Waals surface area contributed by atoms with Gasteiger partial charge < -0.3 is 5.32 Å². The number of benzene rings is 2. The smallest absolute Gasteiger partial charge is 0.0421 e. The molecular weight excluding hydrogens is 218 g/mol. The number of rotatable bonds is 4. The van der Waals surface area contributed by atoms with Crippen LogP contribution in [0.4, 0.5) is 0 Å². The van der Waals surface area contributed by atoms with E-state index in [1.807, 2.05) is 12.1 Å². The molecule has 2 aromatic carbocycles. The van der Waals surface area contributed by atoms with Gasteiger partial charge in [0.05, 0.1) is 0 Å². The van der Waals surface area contributed by atoms with E-state index in [2.05, 4.69) is 73.8 Å². The Balaban J connectivity index is 2.34. The van der Waals surface area contributed by atoms with Gasteiger partial charge in [0.25, 0.3) is 0 Å². The van der Waals surface area contributed by atoms with Crippen molar-refractivity contribution in [2.45, 2.75) is 19.9 Å². The molecule has 0 fully saturated rings. The van der Waals surface area contributed by atoms with Crippen LogP contribution in [-0.2, 0) is 0 Å². The van der Waals surface area contributed by atoms with Crippen molar-refractivity contribution in [3.8, 4) is 0 Å². The van der Waals surface area contributed by atoms with Crippen LogP contribution in [0.25, 0.3) is 11.8 Å². The molecule has 0 unspecified atom stereocenters. The molecule has 0 saturated heterocycles. The predicted octanol–water partition coefficient (Wildman–Crippen LogP) is 4.18. The van der Waals surface area contributed by atoms with E-state index < -0.39 is 0 Å². The van der Waals surface area contributed by atoms with Gasteiger partial charge in [0.1, 0.15) is 0 Å². The molecule has 0 aliphatic rings. The predicted molar refractivity (Wildman–Crippen MR) is 79.0 cm³/mol. The highest BCUT2D eigenvalue weighted by Crippen LogP contribution is 2.16. The van der Waals surface area contributed by atoms with E-state index in [0.29, 0.717) is 6.04 Å². The molecule has 0 spiro atoms. The molecule has 2 rings (SSSR count). The van der Waals surface area contributed by atoms with Crippen molar-refractivity contribution in [2.75, 3.05) is 0 Å². The lowest BCUT2D eigenvalue weighted by Gasteiger charge is -2.14. The van der Waals surface area contributed by atoms with Crippen LogP contribution >= 0.6 is 0 Å². The lowest BCUT2D eigenvalue weighted by molar-refractivity contribution is 0.719. The van der Waals surface area contributed by atoms with E-state index in [-0.39, 0.29) is 0 Å². The van der Waals surface area contributed by atoms with Crippen molar-refractivity contribution in [3.63, 3.8) is 0 Å². The Morgan fingerprint density at radius 3 is 2.00 bits per heavy atom. The fraction of sp³-hybridized carbons (Fsp3) is 0.176. The zero-order valence-corrected chi connectivity index (χ0v) is 10.9. The molecule has 0 aromatic heterocycles. The summed E-state index contributed by atoms with van der Waals surface area (Å²) in [7, 11) is 0. The van der Waals surface area contributed by atoms with E-state index in [4.69, 9.17) is 0 Å². The first-order valence-corrected chi connectivity index (χ1v) is 6.34. The van der Waals surface area contributed by atoms with Gasteiger partial charge in [0, 0.05) is 11.7 Å². The van der Waals surface area contributed by atoms with Crippen molar-refractivity contribution in [2.24, 2.45) is 0 Å². The molecule has 18 heavy (non-hydrogen) atoms. The van der Waals surface area contributed by atoms with Crippen LogP contribution in [0.5, 0.6) is 0 Å². The molecule has 0 bridgehead atoms. The average Bonchev–Trinajstić information content (AvgIpc) is 2.40. The normalized spacial score (nSPS) is 11.6. The van der Waals surface area contributed by atoms with Gasteiger partial charge in [-0.25, -0.2) is 0 Å². The third kappa shape index (κ3) is 3.49. The van der Waals surface area contributed by atoms with Crippen LogP contribution in [0.3, 0.4) is 0 Å². The first-order chi connectivity index (χ1) is 8.75. The number of hydrogen-bond acceptors (Lipinski definition) is 1. The minimum atomic E-state index is 0.417. The van der Waals surface area contributed by atoms with Crippen LogP contribution in [0.2, 0.25) is 0 Å². The summed E-state index contributed by atoms with van der Waals surface area (Å²) >= 11 is 0. The zero-order chi connectivity index (χ0) is 12.8. The van der Waals surface area contributed by atoms with E-state index in [1.54, 1.807) is 0 Å². The van der Waals surface area contributed by atoms with E-state index >= 15 is 0 Å². The largest absolute Gasteiger partial charge is 0.382 e. The van der Waals surface area contributed by atoms with Gasteiger partial charge >= 0.3 is 0 Å². The molecule has 0 aliphatic heterocycles. The monoisotopic (exact) mass is 237 g/mol. The third-order valence-electron chi connectivity index (χ3n) is 2.64. The third-order valence-corrected chi connectivity index (χ3v) is 2.64. The second kappa shape index (κ2) is 6.06. The second-order valence-electron chi connectivity index (χ2n) is 4.63. The minimum absolute atomic E-state index is 0.417. The van der Waals surface area contributed by atoms with Crippen LogP contribution in [-0.4, -0.2) is 6.04 Å².